The predicted octanol–water partition coefficient (Wildman–Crippen LogP) is 2.85. The summed E-state index contributed by atoms with van der Waals surface area (Å²) in [6.45, 7) is 7.79. The van der Waals surface area contributed by atoms with Crippen LogP contribution in [0.5, 0.6) is 5.75 Å². The largest absolute Gasteiger partial charge is 0.493 e. The van der Waals surface area contributed by atoms with Crippen LogP contribution in [0, 0.1) is 5.92 Å². The van der Waals surface area contributed by atoms with Crippen LogP contribution in [0.3, 0.4) is 0 Å². The molecule has 1 amide bonds. The van der Waals surface area contributed by atoms with Gasteiger partial charge in [0.25, 0.3) is 0 Å². The van der Waals surface area contributed by atoms with Gasteiger partial charge in [0, 0.05) is 33.1 Å². The quantitative estimate of drug-likeness (QED) is 0.801. The first kappa shape index (κ1) is 17.5. The van der Waals surface area contributed by atoms with Gasteiger partial charge in [-0.2, -0.15) is 0 Å². The highest BCUT2D eigenvalue weighted by Crippen LogP contribution is 2.18. The summed E-state index contributed by atoms with van der Waals surface area (Å²) in [7, 11) is 3.56. The second-order valence-electron chi connectivity index (χ2n) is 5.99. The van der Waals surface area contributed by atoms with Crippen LogP contribution in [-0.4, -0.2) is 38.1 Å². The molecule has 0 saturated carbocycles. The van der Waals surface area contributed by atoms with E-state index in [1.165, 1.54) is 5.56 Å². The number of carbonyl (C=O) groups is 1. The van der Waals surface area contributed by atoms with E-state index in [4.69, 9.17) is 4.74 Å². The number of nitrogens with one attached hydrogen (secondary N) is 1. The first-order valence-electron chi connectivity index (χ1n) is 7.56. The van der Waals surface area contributed by atoms with Crippen molar-refractivity contribution >= 4 is 5.91 Å². The monoisotopic (exact) mass is 292 g/mol. The molecule has 0 aromatic heterocycles. The lowest BCUT2D eigenvalue weighted by molar-refractivity contribution is -0.128. The summed E-state index contributed by atoms with van der Waals surface area (Å²) in [5.41, 5.74) is 1.20. The minimum Gasteiger partial charge on any atom is -0.493 e. The van der Waals surface area contributed by atoms with E-state index in [2.05, 4.69) is 38.2 Å². The number of benzene rings is 1. The van der Waals surface area contributed by atoms with E-state index < -0.39 is 0 Å². The van der Waals surface area contributed by atoms with Crippen LogP contribution in [0.4, 0.5) is 0 Å². The van der Waals surface area contributed by atoms with Crippen molar-refractivity contribution < 1.29 is 9.53 Å². The maximum absolute atomic E-state index is 11.5. The van der Waals surface area contributed by atoms with Gasteiger partial charge in [-0.25, -0.2) is 0 Å². The Hall–Kier alpha value is -1.55. The lowest BCUT2D eigenvalue weighted by atomic mass is 10.1. The summed E-state index contributed by atoms with van der Waals surface area (Å²) in [5, 5.41) is 3.37. The number of ether oxygens (including phenoxy) is 1. The topological polar surface area (TPSA) is 41.6 Å². The number of amides is 1. The van der Waals surface area contributed by atoms with Crippen LogP contribution < -0.4 is 10.1 Å². The summed E-state index contributed by atoms with van der Waals surface area (Å²) >= 11 is 0. The van der Waals surface area contributed by atoms with Crippen LogP contribution >= 0.6 is 0 Å². The van der Waals surface area contributed by atoms with Gasteiger partial charge in [-0.05, 0) is 30.5 Å². The normalized spacial score (nSPS) is 12.3. The Labute approximate surface area is 128 Å². The second-order valence-corrected chi connectivity index (χ2v) is 5.99. The molecule has 118 valence electrons. The number of hydrogen-bond acceptors (Lipinski definition) is 3. The van der Waals surface area contributed by atoms with Gasteiger partial charge in [0.05, 0.1) is 6.61 Å². The summed E-state index contributed by atoms with van der Waals surface area (Å²) in [4.78, 5) is 13.1. The molecule has 1 atom stereocenters. The third kappa shape index (κ3) is 6.63. The van der Waals surface area contributed by atoms with Crippen molar-refractivity contribution in [1.82, 2.24) is 10.2 Å². The third-order valence-corrected chi connectivity index (χ3v) is 3.25. The van der Waals surface area contributed by atoms with E-state index in [0.29, 0.717) is 18.9 Å². The molecule has 0 aliphatic heterocycles. The van der Waals surface area contributed by atoms with Crippen LogP contribution in [0.1, 0.15) is 38.8 Å². The molecule has 4 nitrogen and oxygen atoms in total. The van der Waals surface area contributed by atoms with Gasteiger partial charge in [-0.3, -0.25) is 4.79 Å². The van der Waals surface area contributed by atoms with Crippen molar-refractivity contribution in [3.63, 3.8) is 0 Å². The van der Waals surface area contributed by atoms with Crippen molar-refractivity contribution in [2.45, 2.75) is 33.2 Å². The van der Waals surface area contributed by atoms with Gasteiger partial charge >= 0.3 is 0 Å². The molecule has 21 heavy (non-hydrogen) atoms. The maximum Gasteiger partial charge on any atom is 0.223 e. The average Bonchev–Trinajstić information content (AvgIpc) is 2.45. The number of hydrogen-bond donors (Lipinski definition) is 1. The highest BCUT2D eigenvalue weighted by molar-refractivity contribution is 5.75. The molecule has 0 aliphatic rings. The van der Waals surface area contributed by atoms with Crippen LogP contribution in [-0.2, 0) is 4.79 Å². The average molecular weight is 292 g/mol. The summed E-state index contributed by atoms with van der Waals surface area (Å²) in [5.74, 6) is 1.58. The fourth-order valence-corrected chi connectivity index (χ4v) is 1.85. The molecule has 0 spiro atoms. The lowest BCUT2D eigenvalue weighted by Crippen LogP contribution is -2.28. The Kier molecular flexibility index (Phi) is 7.23. The molecule has 0 saturated heterocycles. The zero-order valence-electron chi connectivity index (χ0n) is 13.8. The number of carbonyl (C=O) groups excluding carboxylic acids is 1. The highest BCUT2D eigenvalue weighted by Gasteiger charge is 2.08. The van der Waals surface area contributed by atoms with E-state index in [0.717, 1.165) is 12.4 Å². The van der Waals surface area contributed by atoms with Crippen molar-refractivity contribution in [3.05, 3.63) is 29.8 Å². The van der Waals surface area contributed by atoms with Gasteiger partial charge < -0.3 is 15.0 Å². The Morgan fingerprint density at radius 2 is 1.81 bits per heavy atom. The summed E-state index contributed by atoms with van der Waals surface area (Å²) in [6.07, 6.45) is 0.521. The smallest absolute Gasteiger partial charge is 0.223 e. The standard InChI is InChI=1S/C17H28N2O2/c1-13(2)12-21-16-8-6-15(7-9-16)14(3)18-11-10-17(20)19(4)5/h6-9,13-14,18H,10-12H2,1-5H3. The summed E-state index contributed by atoms with van der Waals surface area (Å²) in [6, 6.07) is 8.36. The van der Waals surface area contributed by atoms with Gasteiger partial charge in [-0.1, -0.05) is 26.0 Å². The second kappa shape index (κ2) is 8.67. The first-order chi connectivity index (χ1) is 9.90. The molecule has 1 unspecified atom stereocenters. The zero-order valence-corrected chi connectivity index (χ0v) is 13.8. The molecule has 0 heterocycles. The van der Waals surface area contributed by atoms with Crippen LogP contribution in [0.2, 0.25) is 0 Å². The fourth-order valence-electron chi connectivity index (χ4n) is 1.85. The molecule has 1 aromatic rings. The van der Waals surface area contributed by atoms with Crippen molar-refractivity contribution in [1.29, 1.82) is 0 Å². The Bertz CT molecular complexity index is 427. The highest BCUT2D eigenvalue weighted by atomic mass is 16.5. The molecule has 1 rings (SSSR count). The minimum atomic E-state index is 0.145. The molecule has 0 aliphatic carbocycles. The minimum absolute atomic E-state index is 0.145. The number of rotatable bonds is 8. The van der Waals surface area contributed by atoms with Crippen LogP contribution in [0.25, 0.3) is 0 Å². The van der Waals surface area contributed by atoms with Crippen molar-refractivity contribution in [2.24, 2.45) is 5.92 Å². The molecule has 0 bridgehead atoms. The van der Waals surface area contributed by atoms with Gasteiger partial charge in [0.1, 0.15) is 5.75 Å². The van der Waals surface area contributed by atoms with Crippen molar-refractivity contribution in [2.75, 3.05) is 27.2 Å². The third-order valence-electron chi connectivity index (χ3n) is 3.25. The molecular formula is C17H28N2O2. The molecular weight excluding hydrogens is 264 g/mol. The molecule has 4 heteroatoms. The Balaban J connectivity index is 2.40. The van der Waals surface area contributed by atoms with Gasteiger partial charge in [-0.15, -0.1) is 0 Å². The van der Waals surface area contributed by atoms with E-state index in [1.807, 2.05) is 12.1 Å². The molecule has 1 N–H and O–H groups in total. The van der Waals surface area contributed by atoms with Crippen molar-refractivity contribution in [3.8, 4) is 5.75 Å². The SMILES string of the molecule is CC(C)COc1ccc(C(C)NCCC(=O)N(C)C)cc1. The van der Waals surface area contributed by atoms with E-state index in [9.17, 15) is 4.79 Å². The zero-order chi connectivity index (χ0) is 15.8. The molecule has 1 aromatic carbocycles. The van der Waals surface area contributed by atoms with E-state index >= 15 is 0 Å². The van der Waals surface area contributed by atoms with Crippen LogP contribution in [0.15, 0.2) is 24.3 Å². The molecule has 0 fully saturated rings. The van der Waals surface area contributed by atoms with E-state index in [-0.39, 0.29) is 11.9 Å². The van der Waals surface area contributed by atoms with E-state index in [1.54, 1.807) is 19.0 Å². The fraction of sp³-hybridized carbons (Fsp3) is 0.588. The lowest BCUT2D eigenvalue weighted by Gasteiger charge is -2.16. The maximum atomic E-state index is 11.5. The summed E-state index contributed by atoms with van der Waals surface area (Å²) < 4.78 is 5.67. The number of nitrogens with zero attached hydrogens (tertiary/aromatic N) is 1. The Morgan fingerprint density at radius 3 is 2.33 bits per heavy atom. The first-order valence-corrected chi connectivity index (χ1v) is 7.56. The predicted molar refractivity (Wildman–Crippen MR) is 86.5 cm³/mol. The van der Waals surface area contributed by atoms with Gasteiger partial charge in [0.15, 0.2) is 0 Å². The molecule has 0 radical (unpaired) electrons. The van der Waals surface area contributed by atoms with Gasteiger partial charge in [0.2, 0.25) is 5.91 Å². The Morgan fingerprint density at radius 1 is 1.19 bits per heavy atom.